The quantitative estimate of drug-likeness (QED) is 0.396. The van der Waals surface area contributed by atoms with Gasteiger partial charge >= 0.3 is 0 Å². The zero-order valence-electron chi connectivity index (χ0n) is 19.2. The number of aromatic nitrogens is 1. The Bertz CT molecular complexity index is 1370. The molecule has 170 valence electrons. The molecule has 0 spiro atoms. The summed E-state index contributed by atoms with van der Waals surface area (Å²) < 4.78 is 0. The smallest absolute Gasteiger partial charge is 0.251 e. The summed E-state index contributed by atoms with van der Waals surface area (Å²) in [6.45, 7) is 6.17. The highest BCUT2D eigenvalue weighted by Crippen LogP contribution is 2.42. The van der Waals surface area contributed by atoms with Gasteiger partial charge in [0.25, 0.3) is 5.91 Å². The Balaban J connectivity index is 1.39. The monoisotopic (exact) mass is 447 g/mol. The van der Waals surface area contributed by atoms with Gasteiger partial charge in [0.15, 0.2) is 0 Å². The zero-order chi connectivity index (χ0) is 23.1. The van der Waals surface area contributed by atoms with Gasteiger partial charge in [0.05, 0.1) is 11.6 Å². The van der Waals surface area contributed by atoms with E-state index in [2.05, 4.69) is 58.2 Å². The summed E-state index contributed by atoms with van der Waals surface area (Å²) in [5.74, 6) is 1.14. The number of piperidine rings is 3. The van der Waals surface area contributed by atoms with Gasteiger partial charge in [-0.15, -0.1) is 6.58 Å². The molecule has 1 aromatic heterocycles. The van der Waals surface area contributed by atoms with Gasteiger partial charge in [-0.05, 0) is 71.8 Å². The first kappa shape index (κ1) is 21.1. The molecule has 4 nitrogen and oxygen atoms in total. The van der Waals surface area contributed by atoms with Crippen LogP contribution in [0.15, 0.2) is 91.6 Å². The summed E-state index contributed by atoms with van der Waals surface area (Å²) in [6.07, 6.45) is 6.26. The Morgan fingerprint density at radius 3 is 2.71 bits per heavy atom. The van der Waals surface area contributed by atoms with Gasteiger partial charge < -0.3 is 5.32 Å². The topological polar surface area (TPSA) is 45.2 Å². The van der Waals surface area contributed by atoms with Crippen molar-refractivity contribution in [3.8, 4) is 0 Å². The SMILES string of the molecule is C=C[C@H]1CN2CC[C@H]1C[C@@H]2[C@H](NC(=O)c1ccc2ccccc2c1)c1ccnc2ccccc12. The van der Waals surface area contributed by atoms with Crippen molar-refractivity contribution in [3.05, 3.63) is 103 Å². The number of nitrogens with zero attached hydrogens (tertiary/aromatic N) is 2. The highest BCUT2D eigenvalue weighted by atomic mass is 16.1. The molecule has 0 radical (unpaired) electrons. The zero-order valence-corrected chi connectivity index (χ0v) is 19.2. The van der Waals surface area contributed by atoms with Crippen LogP contribution in [0.2, 0.25) is 0 Å². The number of hydrogen-bond donors (Lipinski definition) is 1. The van der Waals surface area contributed by atoms with Crippen LogP contribution in [0.5, 0.6) is 0 Å². The number of fused-ring (bicyclic) bond motifs is 5. The van der Waals surface area contributed by atoms with E-state index in [0.29, 0.717) is 17.4 Å². The third-order valence-electron chi connectivity index (χ3n) is 7.85. The lowest BCUT2D eigenvalue weighted by Crippen LogP contribution is -2.57. The van der Waals surface area contributed by atoms with E-state index >= 15 is 0 Å². The van der Waals surface area contributed by atoms with Crippen LogP contribution in [0.1, 0.15) is 34.8 Å². The molecule has 1 amide bonds. The molecule has 0 saturated carbocycles. The molecule has 3 aliphatic rings. The number of nitrogens with one attached hydrogen (secondary N) is 1. The number of rotatable bonds is 5. The summed E-state index contributed by atoms with van der Waals surface area (Å²) in [4.78, 5) is 20.8. The Labute approximate surface area is 200 Å². The minimum absolute atomic E-state index is 0.0282. The lowest BCUT2D eigenvalue weighted by Gasteiger charge is -2.51. The number of para-hydroxylation sites is 1. The largest absolute Gasteiger partial charge is 0.344 e. The molecule has 3 fully saturated rings. The number of carbonyl (C=O) groups excluding carboxylic acids is 1. The summed E-state index contributed by atoms with van der Waals surface area (Å²) in [5, 5.41) is 6.79. The first-order valence-corrected chi connectivity index (χ1v) is 12.2. The molecule has 5 atom stereocenters. The number of benzene rings is 3. The van der Waals surface area contributed by atoms with Crippen LogP contribution in [0.25, 0.3) is 21.7 Å². The third kappa shape index (κ3) is 3.68. The second kappa shape index (κ2) is 8.69. The van der Waals surface area contributed by atoms with E-state index in [1.165, 1.54) is 6.42 Å². The summed E-state index contributed by atoms with van der Waals surface area (Å²) >= 11 is 0. The van der Waals surface area contributed by atoms with Crippen molar-refractivity contribution < 1.29 is 4.79 Å². The molecule has 3 aromatic carbocycles. The molecule has 1 N–H and O–H groups in total. The third-order valence-corrected chi connectivity index (χ3v) is 7.85. The maximum absolute atomic E-state index is 13.6. The first-order chi connectivity index (χ1) is 16.7. The van der Waals surface area contributed by atoms with Crippen molar-refractivity contribution in [2.45, 2.75) is 24.9 Å². The van der Waals surface area contributed by atoms with Gasteiger partial charge in [-0.2, -0.15) is 0 Å². The minimum atomic E-state index is -0.111. The van der Waals surface area contributed by atoms with Gasteiger partial charge in [-0.1, -0.05) is 54.6 Å². The lowest BCUT2D eigenvalue weighted by molar-refractivity contribution is 0.00171. The van der Waals surface area contributed by atoms with Crippen molar-refractivity contribution in [2.24, 2.45) is 11.8 Å². The van der Waals surface area contributed by atoms with E-state index < -0.39 is 0 Å². The molecule has 3 saturated heterocycles. The Hall–Kier alpha value is -3.50. The standard InChI is InChI=1S/C30H29N3O/c1-2-20-19-33-16-14-23(20)18-28(33)29(26-13-15-31-27-10-6-5-9-25(26)27)32-30(34)24-12-11-21-7-3-4-8-22(21)17-24/h2-13,15,17,20,23,28-29H,1,14,16,18-19H2,(H,32,34)/t20-,23-,28+,29+/m0/s1. The predicted octanol–water partition coefficient (Wildman–Crippen LogP) is 5.76. The van der Waals surface area contributed by atoms with Crippen LogP contribution < -0.4 is 5.32 Å². The molecule has 3 aliphatic heterocycles. The van der Waals surface area contributed by atoms with Crippen molar-refractivity contribution in [1.29, 1.82) is 0 Å². The molecule has 4 heterocycles. The molecule has 0 aliphatic carbocycles. The highest BCUT2D eigenvalue weighted by Gasteiger charge is 2.43. The van der Waals surface area contributed by atoms with E-state index in [1.54, 1.807) is 0 Å². The van der Waals surface area contributed by atoms with Crippen LogP contribution in [0.3, 0.4) is 0 Å². The maximum atomic E-state index is 13.6. The van der Waals surface area contributed by atoms with Gasteiger partial charge in [0.2, 0.25) is 0 Å². The molecular formula is C30H29N3O. The number of amides is 1. The average Bonchev–Trinajstić information content (AvgIpc) is 2.91. The van der Waals surface area contributed by atoms with Crippen LogP contribution in [0, 0.1) is 11.8 Å². The van der Waals surface area contributed by atoms with Crippen molar-refractivity contribution >= 4 is 27.6 Å². The van der Waals surface area contributed by atoms with Crippen molar-refractivity contribution in [3.63, 3.8) is 0 Å². The van der Waals surface area contributed by atoms with Crippen LogP contribution in [-0.4, -0.2) is 34.9 Å². The number of hydrogen-bond acceptors (Lipinski definition) is 3. The fraction of sp³-hybridized carbons (Fsp3) is 0.267. The van der Waals surface area contributed by atoms with Crippen LogP contribution in [0.4, 0.5) is 0 Å². The van der Waals surface area contributed by atoms with Crippen LogP contribution in [-0.2, 0) is 0 Å². The molecule has 4 heteroatoms. The predicted molar refractivity (Wildman–Crippen MR) is 138 cm³/mol. The molecule has 34 heavy (non-hydrogen) atoms. The Morgan fingerprint density at radius 2 is 1.88 bits per heavy atom. The average molecular weight is 448 g/mol. The van der Waals surface area contributed by atoms with Crippen molar-refractivity contribution in [1.82, 2.24) is 15.2 Å². The van der Waals surface area contributed by atoms with Gasteiger partial charge in [-0.3, -0.25) is 14.7 Å². The number of carbonyl (C=O) groups is 1. The van der Waals surface area contributed by atoms with Crippen LogP contribution >= 0.6 is 0 Å². The second-order valence-electron chi connectivity index (χ2n) is 9.68. The van der Waals surface area contributed by atoms with E-state index in [-0.39, 0.29) is 18.0 Å². The van der Waals surface area contributed by atoms with E-state index in [0.717, 1.165) is 46.7 Å². The van der Waals surface area contributed by atoms with E-state index in [1.807, 2.05) is 48.7 Å². The molecule has 7 rings (SSSR count). The normalized spacial score (nSPS) is 24.7. The number of pyridine rings is 1. The molecular weight excluding hydrogens is 418 g/mol. The van der Waals surface area contributed by atoms with Gasteiger partial charge in [-0.25, -0.2) is 0 Å². The Kier molecular flexibility index (Phi) is 5.39. The highest BCUT2D eigenvalue weighted by molar-refractivity contribution is 5.99. The molecule has 2 bridgehead atoms. The first-order valence-electron chi connectivity index (χ1n) is 12.2. The fourth-order valence-electron chi connectivity index (χ4n) is 6.05. The minimum Gasteiger partial charge on any atom is -0.344 e. The summed E-state index contributed by atoms with van der Waals surface area (Å²) in [5.41, 5.74) is 2.80. The lowest BCUT2D eigenvalue weighted by atomic mass is 9.73. The Morgan fingerprint density at radius 1 is 1.06 bits per heavy atom. The second-order valence-corrected chi connectivity index (χ2v) is 9.68. The van der Waals surface area contributed by atoms with Gasteiger partial charge in [0.1, 0.15) is 0 Å². The summed E-state index contributed by atoms with van der Waals surface area (Å²) in [6, 6.07) is 24.6. The maximum Gasteiger partial charge on any atom is 0.251 e. The fourth-order valence-corrected chi connectivity index (χ4v) is 6.05. The van der Waals surface area contributed by atoms with Crippen molar-refractivity contribution in [2.75, 3.05) is 13.1 Å². The van der Waals surface area contributed by atoms with Gasteiger partial charge in [0, 0.05) is 29.7 Å². The molecule has 4 aromatic rings. The summed E-state index contributed by atoms with van der Waals surface area (Å²) in [7, 11) is 0. The van der Waals surface area contributed by atoms with E-state index in [9.17, 15) is 4.79 Å². The molecule has 1 unspecified atom stereocenters. The van der Waals surface area contributed by atoms with E-state index in [4.69, 9.17) is 0 Å².